The fourth-order valence-electron chi connectivity index (χ4n) is 3.29. The third-order valence-corrected chi connectivity index (χ3v) is 6.16. The number of hydrogen-bond acceptors (Lipinski definition) is 6. The zero-order valence-corrected chi connectivity index (χ0v) is 18.7. The van der Waals surface area contributed by atoms with E-state index in [0.29, 0.717) is 19.6 Å². The Balaban J connectivity index is 1.57. The second-order valence-electron chi connectivity index (χ2n) is 7.36. The molecular weight excluding hydrogens is 402 g/mol. The van der Waals surface area contributed by atoms with Crippen molar-refractivity contribution in [3.63, 3.8) is 0 Å². The second kappa shape index (κ2) is 11.1. The Morgan fingerprint density at radius 3 is 2.80 bits per heavy atom. The van der Waals surface area contributed by atoms with Gasteiger partial charge in [0, 0.05) is 38.2 Å². The number of thiophene rings is 1. The van der Waals surface area contributed by atoms with Crippen LogP contribution in [0.1, 0.15) is 35.8 Å². The van der Waals surface area contributed by atoms with Gasteiger partial charge < -0.3 is 24.8 Å². The Bertz CT molecular complexity index is 826. The van der Waals surface area contributed by atoms with Gasteiger partial charge in [-0.2, -0.15) is 0 Å². The van der Waals surface area contributed by atoms with Crippen LogP contribution in [0.2, 0.25) is 0 Å². The van der Waals surface area contributed by atoms with Crippen LogP contribution in [0.25, 0.3) is 0 Å². The number of aryl methyl sites for hydroxylation is 1. The summed E-state index contributed by atoms with van der Waals surface area (Å²) in [4.78, 5) is 20.1. The van der Waals surface area contributed by atoms with E-state index in [1.807, 2.05) is 29.5 Å². The molecule has 1 saturated heterocycles. The first kappa shape index (κ1) is 22.2. The van der Waals surface area contributed by atoms with Crippen molar-refractivity contribution in [2.75, 3.05) is 26.8 Å². The van der Waals surface area contributed by atoms with Gasteiger partial charge in [0.25, 0.3) is 0 Å². The molecule has 0 bridgehead atoms. The summed E-state index contributed by atoms with van der Waals surface area (Å²) in [6.45, 7) is 5.07. The number of carbonyl (C=O) groups excluding carboxylic acids is 1. The quantitative estimate of drug-likeness (QED) is 0.483. The lowest BCUT2D eigenvalue weighted by molar-refractivity contribution is -0.133. The predicted molar refractivity (Wildman–Crippen MR) is 117 cm³/mol. The Morgan fingerprint density at radius 2 is 2.17 bits per heavy atom. The molecule has 164 valence electrons. The van der Waals surface area contributed by atoms with Gasteiger partial charge in [-0.15, -0.1) is 21.5 Å². The van der Waals surface area contributed by atoms with Crippen molar-refractivity contribution in [3.8, 4) is 0 Å². The summed E-state index contributed by atoms with van der Waals surface area (Å²) < 4.78 is 6.96. The van der Waals surface area contributed by atoms with Gasteiger partial charge in [0.2, 0.25) is 5.91 Å². The molecule has 1 amide bonds. The normalized spacial score (nSPS) is 15.4. The molecule has 2 aromatic heterocycles. The first-order valence-electron chi connectivity index (χ1n) is 10.3. The number of likely N-dealkylation sites (tertiary alicyclic amines) is 1. The van der Waals surface area contributed by atoms with Gasteiger partial charge in [-0.25, -0.2) is 4.99 Å². The molecule has 0 radical (unpaired) electrons. The lowest BCUT2D eigenvalue weighted by atomic mass is 10.0. The molecule has 3 heterocycles. The van der Waals surface area contributed by atoms with Crippen LogP contribution in [0.3, 0.4) is 0 Å². The largest absolute Gasteiger partial charge is 0.384 e. The smallest absolute Gasteiger partial charge is 0.224 e. The van der Waals surface area contributed by atoms with Gasteiger partial charge in [0.15, 0.2) is 11.8 Å². The molecule has 1 aliphatic rings. The maximum absolute atomic E-state index is 12.2. The molecular formula is C20H31N7O2S. The Hall–Kier alpha value is -2.46. The van der Waals surface area contributed by atoms with E-state index in [1.165, 1.54) is 4.88 Å². The first-order chi connectivity index (χ1) is 14.6. The predicted octanol–water partition coefficient (Wildman–Crippen LogP) is 1.45. The fourth-order valence-corrected chi connectivity index (χ4v) is 3.93. The van der Waals surface area contributed by atoms with E-state index in [-0.39, 0.29) is 11.9 Å². The lowest BCUT2D eigenvalue weighted by Crippen LogP contribution is -2.49. The number of guanidine groups is 1. The maximum atomic E-state index is 12.2. The molecule has 0 aliphatic carbocycles. The molecule has 0 saturated carbocycles. The van der Waals surface area contributed by atoms with Gasteiger partial charge in [0.05, 0.1) is 19.6 Å². The molecule has 0 aromatic carbocycles. The lowest BCUT2D eigenvalue weighted by Gasteiger charge is -2.33. The second-order valence-corrected chi connectivity index (χ2v) is 8.39. The number of ether oxygens (including phenoxy) is 1. The highest BCUT2D eigenvalue weighted by Crippen LogP contribution is 2.12. The summed E-state index contributed by atoms with van der Waals surface area (Å²) in [6.07, 6.45) is 2.23. The molecule has 1 fully saturated rings. The number of piperidine rings is 1. The monoisotopic (exact) mass is 433 g/mol. The van der Waals surface area contributed by atoms with Crippen molar-refractivity contribution in [3.05, 3.63) is 34.0 Å². The number of hydrogen-bond donors (Lipinski definition) is 2. The third kappa shape index (κ3) is 6.27. The maximum Gasteiger partial charge on any atom is 0.224 e. The topological polar surface area (TPSA) is 96.7 Å². The van der Waals surface area contributed by atoms with Crippen LogP contribution in [0, 0.1) is 6.92 Å². The molecule has 30 heavy (non-hydrogen) atoms. The number of methoxy groups -OCH3 is 1. The van der Waals surface area contributed by atoms with Crippen molar-refractivity contribution in [2.45, 2.75) is 45.3 Å². The zero-order chi connectivity index (χ0) is 21.3. The number of nitrogens with zero attached hydrogens (tertiary/aromatic N) is 5. The van der Waals surface area contributed by atoms with E-state index in [9.17, 15) is 4.79 Å². The van der Waals surface area contributed by atoms with Crippen LogP contribution in [0.4, 0.5) is 0 Å². The standard InChI is InChI=1S/C20H31N7O2S/c1-15-24-25-18(26(15)2)14-22-20(21-13-17-5-4-12-30-17)23-16-6-9-27(10-7-16)19(28)8-11-29-3/h4-5,12,16H,6-11,13-14H2,1-3H3,(H2,21,22,23). The van der Waals surface area contributed by atoms with Crippen molar-refractivity contribution in [1.82, 2.24) is 30.3 Å². The van der Waals surface area contributed by atoms with E-state index in [1.54, 1.807) is 18.4 Å². The number of carbonyl (C=O) groups is 1. The van der Waals surface area contributed by atoms with E-state index >= 15 is 0 Å². The number of aromatic nitrogens is 3. The van der Waals surface area contributed by atoms with Crippen LogP contribution in [0.15, 0.2) is 22.5 Å². The minimum absolute atomic E-state index is 0.165. The molecule has 0 atom stereocenters. The number of rotatable bonds is 8. The first-order valence-corrected chi connectivity index (χ1v) is 11.1. The minimum Gasteiger partial charge on any atom is -0.384 e. The van der Waals surface area contributed by atoms with Crippen molar-refractivity contribution >= 4 is 23.2 Å². The summed E-state index contributed by atoms with van der Waals surface area (Å²) in [5, 5.41) is 17.3. The van der Waals surface area contributed by atoms with Gasteiger partial charge in [-0.05, 0) is 31.2 Å². The summed E-state index contributed by atoms with van der Waals surface area (Å²) in [7, 11) is 3.57. The van der Waals surface area contributed by atoms with Gasteiger partial charge in [0.1, 0.15) is 12.4 Å². The average molecular weight is 434 g/mol. The summed E-state index contributed by atoms with van der Waals surface area (Å²) in [5.74, 6) is 2.61. The molecule has 9 nitrogen and oxygen atoms in total. The van der Waals surface area contributed by atoms with E-state index in [0.717, 1.165) is 50.1 Å². The van der Waals surface area contributed by atoms with Crippen molar-refractivity contribution in [1.29, 1.82) is 0 Å². The van der Waals surface area contributed by atoms with Crippen LogP contribution in [0.5, 0.6) is 0 Å². The number of amides is 1. The number of nitrogens with one attached hydrogen (secondary N) is 2. The van der Waals surface area contributed by atoms with Gasteiger partial charge >= 0.3 is 0 Å². The highest BCUT2D eigenvalue weighted by molar-refractivity contribution is 7.09. The Labute approximate surface area is 181 Å². The fraction of sp³-hybridized carbons (Fsp3) is 0.600. The van der Waals surface area contributed by atoms with Gasteiger partial charge in [-0.1, -0.05) is 6.07 Å². The zero-order valence-electron chi connectivity index (χ0n) is 17.9. The highest BCUT2D eigenvalue weighted by Gasteiger charge is 2.23. The molecule has 0 spiro atoms. The summed E-state index contributed by atoms with van der Waals surface area (Å²) in [6, 6.07) is 4.42. The molecule has 2 N–H and O–H groups in total. The molecule has 0 unspecified atom stereocenters. The molecule has 2 aromatic rings. The van der Waals surface area contributed by atoms with E-state index in [2.05, 4.69) is 32.3 Å². The summed E-state index contributed by atoms with van der Waals surface area (Å²) >= 11 is 1.72. The van der Waals surface area contributed by atoms with Crippen molar-refractivity contribution in [2.24, 2.45) is 12.0 Å². The number of aliphatic imine (C=N–C) groups is 1. The van der Waals surface area contributed by atoms with E-state index in [4.69, 9.17) is 9.73 Å². The van der Waals surface area contributed by atoms with Crippen LogP contribution in [-0.2, 0) is 29.7 Å². The van der Waals surface area contributed by atoms with Crippen LogP contribution in [-0.4, -0.2) is 64.4 Å². The third-order valence-electron chi connectivity index (χ3n) is 5.28. The molecule has 1 aliphatic heterocycles. The molecule has 3 rings (SSSR count). The Kier molecular flexibility index (Phi) is 8.21. The van der Waals surface area contributed by atoms with Crippen LogP contribution < -0.4 is 10.6 Å². The van der Waals surface area contributed by atoms with Crippen LogP contribution >= 0.6 is 11.3 Å². The van der Waals surface area contributed by atoms with E-state index < -0.39 is 0 Å². The van der Waals surface area contributed by atoms with Crippen molar-refractivity contribution < 1.29 is 9.53 Å². The minimum atomic E-state index is 0.165. The average Bonchev–Trinajstić information content (AvgIpc) is 3.39. The van der Waals surface area contributed by atoms with Gasteiger partial charge in [-0.3, -0.25) is 4.79 Å². The molecule has 10 heteroatoms. The highest BCUT2D eigenvalue weighted by atomic mass is 32.1. The summed E-state index contributed by atoms with van der Waals surface area (Å²) in [5.41, 5.74) is 0. The Morgan fingerprint density at radius 1 is 1.37 bits per heavy atom. The SMILES string of the molecule is COCCC(=O)N1CCC(NC(=NCc2nnc(C)n2C)NCc2cccs2)CC1.